The SMILES string of the molecule is O=C(NCCc1ccc(Cl)cc1)c1cc(Nc2ccc3c(c2)OCO3)ncn1. The zero-order valence-electron chi connectivity index (χ0n) is 14.8. The van der Waals surface area contributed by atoms with Crippen LogP contribution in [0.1, 0.15) is 16.1 Å². The van der Waals surface area contributed by atoms with Crippen LogP contribution in [0.15, 0.2) is 54.9 Å². The summed E-state index contributed by atoms with van der Waals surface area (Å²) in [5.41, 5.74) is 2.16. The van der Waals surface area contributed by atoms with Crippen molar-refractivity contribution in [3.63, 3.8) is 0 Å². The summed E-state index contributed by atoms with van der Waals surface area (Å²) < 4.78 is 10.7. The lowest BCUT2D eigenvalue weighted by Gasteiger charge is -2.08. The summed E-state index contributed by atoms with van der Waals surface area (Å²) in [5.74, 6) is 1.62. The van der Waals surface area contributed by atoms with Crippen LogP contribution in [0, 0.1) is 0 Å². The highest BCUT2D eigenvalue weighted by molar-refractivity contribution is 6.30. The Hall–Kier alpha value is -3.32. The second-order valence-corrected chi connectivity index (χ2v) is 6.55. The van der Waals surface area contributed by atoms with E-state index in [0.29, 0.717) is 35.3 Å². The van der Waals surface area contributed by atoms with Gasteiger partial charge in [-0.3, -0.25) is 4.79 Å². The Bertz CT molecular complexity index is 995. The molecular weight excluding hydrogens is 380 g/mol. The average molecular weight is 397 g/mol. The Balaban J connectivity index is 1.36. The molecule has 0 fully saturated rings. The number of ether oxygens (including phenoxy) is 2. The lowest BCUT2D eigenvalue weighted by molar-refractivity contribution is 0.0949. The first-order chi connectivity index (χ1) is 13.7. The molecule has 0 saturated carbocycles. The predicted molar refractivity (Wildman–Crippen MR) is 105 cm³/mol. The Kier molecular flexibility index (Phi) is 5.25. The number of benzene rings is 2. The molecule has 4 rings (SSSR count). The van der Waals surface area contributed by atoms with Gasteiger partial charge in [0.2, 0.25) is 6.79 Å². The van der Waals surface area contributed by atoms with Crippen LogP contribution in [0.4, 0.5) is 11.5 Å². The molecule has 8 heteroatoms. The van der Waals surface area contributed by atoms with E-state index < -0.39 is 0 Å². The van der Waals surface area contributed by atoms with Crippen molar-refractivity contribution in [1.82, 2.24) is 15.3 Å². The summed E-state index contributed by atoms with van der Waals surface area (Å²) in [6.07, 6.45) is 2.06. The van der Waals surface area contributed by atoms with Gasteiger partial charge in [-0.1, -0.05) is 23.7 Å². The van der Waals surface area contributed by atoms with E-state index in [2.05, 4.69) is 20.6 Å². The smallest absolute Gasteiger partial charge is 0.270 e. The van der Waals surface area contributed by atoms with Crippen molar-refractivity contribution in [2.75, 3.05) is 18.7 Å². The number of aromatic nitrogens is 2. The van der Waals surface area contributed by atoms with Crippen molar-refractivity contribution < 1.29 is 14.3 Å². The van der Waals surface area contributed by atoms with Crippen molar-refractivity contribution in [2.24, 2.45) is 0 Å². The van der Waals surface area contributed by atoms with E-state index in [1.165, 1.54) is 6.33 Å². The molecule has 0 unspecified atom stereocenters. The monoisotopic (exact) mass is 396 g/mol. The summed E-state index contributed by atoms with van der Waals surface area (Å²) in [4.78, 5) is 20.6. The fourth-order valence-corrected chi connectivity index (χ4v) is 2.86. The minimum Gasteiger partial charge on any atom is -0.454 e. The number of carbonyl (C=O) groups is 1. The average Bonchev–Trinajstić information content (AvgIpc) is 3.17. The van der Waals surface area contributed by atoms with E-state index in [1.807, 2.05) is 42.5 Å². The van der Waals surface area contributed by atoms with Gasteiger partial charge in [-0.05, 0) is 36.2 Å². The molecular formula is C20H17ClN4O3. The van der Waals surface area contributed by atoms with Crippen molar-refractivity contribution in [2.45, 2.75) is 6.42 Å². The van der Waals surface area contributed by atoms with Gasteiger partial charge in [-0.15, -0.1) is 0 Å². The van der Waals surface area contributed by atoms with Gasteiger partial charge in [-0.25, -0.2) is 9.97 Å². The van der Waals surface area contributed by atoms with Crippen LogP contribution in [0.25, 0.3) is 0 Å². The zero-order chi connectivity index (χ0) is 19.3. The molecule has 0 aliphatic carbocycles. The van der Waals surface area contributed by atoms with E-state index in [0.717, 1.165) is 11.3 Å². The fraction of sp³-hybridized carbons (Fsp3) is 0.150. The van der Waals surface area contributed by atoms with Gasteiger partial charge in [0.25, 0.3) is 5.91 Å². The van der Waals surface area contributed by atoms with Crippen LogP contribution in [0.2, 0.25) is 5.02 Å². The Morgan fingerprint density at radius 2 is 1.86 bits per heavy atom. The number of rotatable bonds is 6. The number of hydrogen-bond donors (Lipinski definition) is 2. The first-order valence-corrected chi connectivity index (χ1v) is 9.06. The molecule has 1 aliphatic rings. The highest BCUT2D eigenvalue weighted by Crippen LogP contribution is 2.34. The summed E-state index contributed by atoms with van der Waals surface area (Å²) >= 11 is 5.87. The van der Waals surface area contributed by atoms with Gasteiger partial charge >= 0.3 is 0 Å². The Morgan fingerprint density at radius 3 is 2.71 bits per heavy atom. The minimum absolute atomic E-state index is 0.215. The number of fused-ring (bicyclic) bond motifs is 1. The maximum Gasteiger partial charge on any atom is 0.270 e. The van der Waals surface area contributed by atoms with Gasteiger partial charge in [0.1, 0.15) is 17.8 Å². The summed E-state index contributed by atoms with van der Waals surface area (Å²) in [6.45, 7) is 0.710. The second kappa shape index (κ2) is 8.14. The molecule has 7 nitrogen and oxygen atoms in total. The molecule has 2 heterocycles. The van der Waals surface area contributed by atoms with E-state index in [4.69, 9.17) is 21.1 Å². The molecule has 2 N–H and O–H groups in total. The second-order valence-electron chi connectivity index (χ2n) is 6.11. The third kappa shape index (κ3) is 4.32. The van der Waals surface area contributed by atoms with Crippen molar-refractivity contribution >= 4 is 29.0 Å². The molecule has 3 aromatic rings. The Morgan fingerprint density at radius 1 is 1.04 bits per heavy atom. The quantitative estimate of drug-likeness (QED) is 0.662. The maximum atomic E-state index is 12.4. The fourth-order valence-electron chi connectivity index (χ4n) is 2.73. The molecule has 1 aliphatic heterocycles. The van der Waals surface area contributed by atoms with Crippen molar-refractivity contribution in [3.8, 4) is 11.5 Å². The lowest BCUT2D eigenvalue weighted by Crippen LogP contribution is -2.26. The van der Waals surface area contributed by atoms with Crippen LogP contribution in [-0.2, 0) is 6.42 Å². The molecule has 2 aromatic carbocycles. The molecule has 0 radical (unpaired) electrons. The standard InChI is InChI=1S/C20H17ClN4O3/c21-14-3-1-13(2-4-14)7-8-22-20(26)16-10-19(24-11-23-16)25-15-5-6-17-18(9-15)28-12-27-17/h1-6,9-11H,7-8,12H2,(H,22,26)(H,23,24,25). The number of amides is 1. The lowest BCUT2D eigenvalue weighted by atomic mass is 10.1. The Labute approximate surface area is 166 Å². The van der Waals surface area contributed by atoms with Crippen LogP contribution in [-0.4, -0.2) is 29.2 Å². The van der Waals surface area contributed by atoms with E-state index in [1.54, 1.807) is 6.07 Å². The largest absolute Gasteiger partial charge is 0.454 e. The molecule has 1 aromatic heterocycles. The van der Waals surface area contributed by atoms with Crippen molar-refractivity contribution in [1.29, 1.82) is 0 Å². The molecule has 142 valence electrons. The number of hydrogen-bond acceptors (Lipinski definition) is 6. The number of anilines is 2. The van der Waals surface area contributed by atoms with Gasteiger partial charge in [0.05, 0.1) is 0 Å². The van der Waals surface area contributed by atoms with Crippen molar-refractivity contribution in [3.05, 3.63) is 71.1 Å². The minimum atomic E-state index is -0.259. The van der Waals surface area contributed by atoms with Crippen LogP contribution < -0.4 is 20.1 Å². The summed E-state index contributed by atoms with van der Waals surface area (Å²) in [7, 11) is 0. The van der Waals surface area contributed by atoms with E-state index >= 15 is 0 Å². The molecule has 28 heavy (non-hydrogen) atoms. The number of carbonyl (C=O) groups excluding carboxylic acids is 1. The predicted octanol–water partition coefficient (Wildman–Crippen LogP) is 3.57. The molecule has 0 bridgehead atoms. The van der Waals surface area contributed by atoms with Gasteiger partial charge in [0, 0.05) is 29.4 Å². The normalized spacial score (nSPS) is 11.9. The number of nitrogens with one attached hydrogen (secondary N) is 2. The highest BCUT2D eigenvalue weighted by Gasteiger charge is 2.14. The molecule has 0 atom stereocenters. The van der Waals surface area contributed by atoms with Crippen LogP contribution >= 0.6 is 11.6 Å². The topological polar surface area (TPSA) is 85.4 Å². The zero-order valence-corrected chi connectivity index (χ0v) is 15.6. The first-order valence-electron chi connectivity index (χ1n) is 8.69. The van der Waals surface area contributed by atoms with Crippen LogP contribution in [0.3, 0.4) is 0 Å². The van der Waals surface area contributed by atoms with E-state index in [9.17, 15) is 4.79 Å². The molecule has 0 spiro atoms. The molecule has 0 saturated heterocycles. The van der Waals surface area contributed by atoms with E-state index in [-0.39, 0.29) is 18.4 Å². The van der Waals surface area contributed by atoms with Gasteiger partial charge in [-0.2, -0.15) is 0 Å². The molecule has 1 amide bonds. The van der Waals surface area contributed by atoms with Gasteiger partial charge < -0.3 is 20.1 Å². The maximum absolute atomic E-state index is 12.4. The van der Waals surface area contributed by atoms with Gasteiger partial charge in [0.15, 0.2) is 11.5 Å². The summed E-state index contributed by atoms with van der Waals surface area (Å²) in [6, 6.07) is 14.6. The number of halogens is 1. The summed E-state index contributed by atoms with van der Waals surface area (Å²) in [5, 5.41) is 6.69. The number of nitrogens with zero attached hydrogens (tertiary/aromatic N) is 2. The van der Waals surface area contributed by atoms with Crippen LogP contribution in [0.5, 0.6) is 11.5 Å². The third-order valence-corrected chi connectivity index (χ3v) is 4.41. The third-order valence-electron chi connectivity index (χ3n) is 4.16. The first kappa shape index (κ1) is 18.1. The highest BCUT2D eigenvalue weighted by atomic mass is 35.5.